The maximum absolute atomic E-state index is 5.22. The van der Waals surface area contributed by atoms with Gasteiger partial charge < -0.3 is 0 Å². The second kappa shape index (κ2) is 5.22. The molecule has 3 heterocycles. The zero-order valence-corrected chi connectivity index (χ0v) is 12.6. The SMILES string of the molecule is CCn1c(-c2sc(-c3cnccn3)nc2C)n[nH]c1=S. The first kappa shape index (κ1) is 13.1. The molecule has 3 aromatic rings. The average molecular weight is 304 g/mol. The topological polar surface area (TPSA) is 72.3 Å². The van der Waals surface area contributed by atoms with Crippen molar-refractivity contribution in [3.8, 4) is 21.4 Å². The van der Waals surface area contributed by atoms with Crippen molar-refractivity contribution in [1.29, 1.82) is 0 Å². The normalized spacial score (nSPS) is 10.9. The third kappa shape index (κ3) is 2.16. The van der Waals surface area contributed by atoms with Crippen LogP contribution in [-0.4, -0.2) is 29.7 Å². The van der Waals surface area contributed by atoms with Crippen molar-refractivity contribution < 1.29 is 0 Å². The zero-order chi connectivity index (χ0) is 14.1. The summed E-state index contributed by atoms with van der Waals surface area (Å²) in [6, 6.07) is 0. The summed E-state index contributed by atoms with van der Waals surface area (Å²) < 4.78 is 2.58. The molecule has 0 fully saturated rings. The third-order valence-corrected chi connectivity index (χ3v) is 4.34. The molecule has 0 atom stereocenters. The Kier molecular flexibility index (Phi) is 3.41. The van der Waals surface area contributed by atoms with E-state index in [2.05, 4.69) is 25.1 Å². The lowest BCUT2D eigenvalue weighted by atomic mass is 10.3. The van der Waals surface area contributed by atoms with Gasteiger partial charge in [0.1, 0.15) is 10.7 Å². The number of aryl methyl sites for hydroxylation is 1. The molecule has 0 amide bonds. The van der Waals surface area contributed by atoms with E-state index in [1.54, 1.807) is 29.9 Å². The van der Waals surface area contributed by atoms with Crippen molar-refractivity contribution in [1.82, 2.24) is 29.7 Å². The monoisotopic (exact) mass is 304 g/mol. The molecule has 0 aliphatic heterocycles. The van der Waals surface area contributed by atoms with Gasteiger partial charge in [-0.1, -0.05) is 0 Å². The van der Waals surface area contributed by atoms with E-state index < -0.39 is 0 Å². The smallest absolute Gasteiger partial charge is 0.195 e. The van der Waals surface area contributed by atoms with Crippen LogP contribution in [0.25, 0.3) is 21.4 Å². The summed E-state index contributed by atoms with van der Waals surface area (Å²) in [6.07, 6.45) is 5.01. The molecule has 0 saturated heterocycles. The second-order valence-corrected chi connectivity index (χ2v) is 5.51. The molecule has 0 radical (unpaired) electrons. The van der Waals surface area contributed by atoms with E-state index in [1.165, 1.54) is 0 Å². The lowest BCUT2D eigenvalue weighted by Gasteiger charge is -2.00. The number of rotatable bonds is 3. The Bertz CT molecular complexity index is 786. The van der Waals surface area contributed by atoms with Gasteiger partial charge in [-0.15, -0.1) is 11.3 Å². The molecule has 0 aliphatic rings. The van der Waals surface area contributed by atoms with Gasteiger partial charge in [0.05, 0.1) is 16.8 Å². The van der Waals surface area contributed by atoms with Crippen molar-refractivity contribution in [3.63, 3.8) is 0 Å². The Hall–Kier alpha value is -1.93. The van der Waals surface area contributed by atoms with Crippen LogP contribution in [0.4, 0.5) is 0 Å². The highest BCUT2D eigenvalue weighted by molar-refractivity contribution is 7.71. The fourth-order valence-electron chi connectivity index (χ4n) is 1.91. The summed E-state index contributed by atoms with van der Waals surface area (Å²) in [5.74, 6) is 0.822. The number of hydrogen-bond donors (Lipinski definition) is 1. The first-order valence-electron chi connectivity index (χ1n) is 6.10. The predicted octanol–water partition coefficient (Wildman–Crippen LogP) is 2.85. The Labute approximate surface area is 124 Å². The van der Waals surface area contributed by atoms with E-state index in [0.717, 1.165) is 33.6 Å². The summed E-state index contributed by atoms with van der Waals surface area (Å²) in [4.78, 5) is 13.9. The molecule has 6 nitrogen and oxygen atoms in total. The molecule has 1 N–H and O–H groups in total. The molecule has 0 spiro atoms. The number of aromatic amines is 1. The van der Waals surface area contributed by atoms with E-state index >= 15 is 0 Å². The van der Waals surface area contributed by atoms with Crippen LogP contribution in [0.3, 0.4) is 0 Å². The summed E-state index contributed by atoms with van der Waals surface area (Å²) in [7, 11) is 0. The number of hydrogen-bond acceptors (Lipinski definition) is 6. The van der Waals surface area contributed by atoms with Gasteiger partial charge in [-0.3, -0.25) is 19.6 Å². The van der Waals surface area contributed by atoms with Crippen LogP contribution >= 0.6 is 23.6 Å². The maximum Gasteiger partial charge on any atom is 0.195 e. The molecule has 102 valence electrons. The molecule has 20 heavy (non-hydrogen) atoms. The highest BCUT2D eigenvalue weighted by atomic mass is 32.1. The molecule has 0 saturated carbocycles. The molecular formula is C12H12N6S2. The van der Waals surface area contributed by atoms with Gasteiger partial charge in [0.2, 0.25) is 0 Å². The van der Waals surface area contributed by atoms with Gasteiger partial charge >= 0.3 is 0 Å². The van der Waals surface area contributed by atoms with E-state index in [9.17, 15) is 0 Å². The lowest BCUT2D eigenvalue weighted by molar-refractivity contribution is 0.756. The van der Waals surface area contributed by atoms with E-state index in [4.69, 9.17) is 12.2 Å². The fourth-order valence-corrected chi connectivity index (χ4v) is 3.19. The largest absolute Gasteiger partial charge is 0.300 e. The van der Waals surface area contributed by atoms with Crippen LogP contribution in [0.15, 0.2) is 18.6 Å². The van der Waals surface area contributed by atoms with Crippen LogP contribution in [0.5, 0.6) is 0 Å². The summed E-state index contributed by atoms with van der Waals surface area (Å²) >= 11 is 6.77. The number of aromatic nitrogens is 6. The third-order valence-electron chi connectivity index (χ3n) is 2.86. The van der Waals surface area contributed by atoms with Crippen LogP contribution < -0.4 is 0 Å². The minimum absolute atomic E-state index is 0.622. The highest BCUT2D eigenvalue weighted by Crippen LogP contribution is 2.33. The molecule has 0 aromatic carbocycles. The van der Waals surface area contributed by atoms with Gasteiger partial charge in [0.25, 0.3) is 0 Å². The Morgan fingerprint density at radius 2 is 2.25 bits per heavy atom. The Morgan fingerprint density at radius 3 is 2.95 bits per heavy atom. The van der Waals surface area contributed by atoms with Crippen molar-refractivity contribution in [2.24, 2.45) is 0 Å². The van der Waals surface area contributed by atoms with Gasteiger partial charge in [-0.05, 0) is 26.1 Å². The van der Waals surface area contributed by atoms with Crippen LogP contribution in [-0.2, 0) is 6.54 Å². The quantitative estimate of drug-likeness (QED) is 0.753. The lowest BCUT2D eigenvalue weighted by Crippen LogP contribution is -1.97. The van der Waals surface area contributed by atoms with Gasteiger partial charge in [-0.2, -0.15) is 5.10 Å². The van der Waals surface area contributed by atoms with Crippen molar-refractivity contribution in [2.45, 2.75) is 20.4 Å². The number of thiazole rings is 1. The minimum Gasteiger partial charge on any atom is -0.300 e. The molecule has 3 rings (SSSR count). The predicted molar refractivity (Wildman–Crippen MR) is 80.0 cm³/mol. The van der Waals surface area contributed by atoms with Gasteiger partial charge in [-0.25, -0.2) is 4.98 Å². The number of nitrogens with one attached hydrogen (secondary N) is 1. The van der Waals surface area contributed by atoms with Gasteiger partial charge in [0, 0.05) is 18.9 Å². The molecule has 0 bridgehead atoms. The van der Waals surface area contributed by atoms with Crippen LogP contribution in [0.1, 0.15) is 12.6 Å². The van der Waals surface area contributed by atoms with E-state index in [-0.39, 0.29) is 0 Å². The van der Waals surface area contributed by atoms with Crippen molar-refractivity contribution in [3.05, 3.63) is 29.1 Å². The Balaban J connectivity index is 2.12. The summed E-state index contributed by atoms with van der Waals surface area (Å²) in [5.41, 5.74) is 1.68. The average Bonchev–Trinajstić information content (AvgIpc) is 3.02. The van der Waals surface area contributed by atoms with Gasteiger partial charge in [0.15, 0.2) is 10.6 Å². The van der Waals surface area contributed by atoms with Crippen LogP contribution in [0, 0.1) is 11.7 Å². The number of H-pyrrole nitrogens is 1. The molecule has 0 unspecified atom stereocenters. The fraction of sp³-hybridized carbons (Fsp3) is 0.250. The standard InChI is InChI=1S/C12H12N6S2/c1-3-18-10(16-17-12(18)19)9-7(2)15-11(20-9)8-6-13-4-5-14-8/h4-6H,3H2,1-2H3,(H,17,19). The molecule has 3 aromatic heterocycles. The minimum atomic E-state index is 0.622. The summed E-state index contributed by atoms with van der Waals surface area (Å²) in [6.45, 7) is 4.76. The summed E-state index contributed by atoms with van der Waals surface area (Å²) in [5, 5.41) is 7.97. The molecule has 8 heteroatoms. The van der Waals surface area contributed by atoms with E-state index in [0.29, 0.717) is 4.77 Å². The highest BCUT2D eigenvalue weighted by Gasteiger charge is 2.16. The maximum atomic E-state index is 5.22. The second-order valence-electron chi connectivity index (χ2n) is 4.12. The van der Waals surface area contributed by atoms with Crippen molar-refractivity contribution >= 4 is 23.6 Å². The number of nitrogens with zero attached hydrogens (tertiary/aromatic N) is 5. The van der Waals surface area contributed by atoms with Crippen molar-refractivity contribution in [2.75, 3.05) is 0 Å². The molecule has 0 aliphatic carbocycles. The van der Waals surface area contributed by atoms with E-state index in [1.807, 2.05) is 18.4 Å². The van der Waals surface area contributed by atoms with Crippen LogP contribution in [0.2, 0.25) is 0 Å². The Morgan fingerprint density at radius 1 is 1.40 bits per heavy atom. The first-order valence-corrected chi connectivity index (χ1v) is 7.32. The first-order chi connectivity index (χ1) is 9.70. The molecular weight excluding hydrogens is 292 g/mol. The zero-order valence-electron chi connectivity index (χ0n) is 11.0.